The van der Waals surface area contributed by atoms with Gasteiger partial charge >= 0.3 is 0 Å². The van der Waals surface area contributed by atoms with Crippen molar-refractivity contribution in [2.45, 2.75) is 38.5 Å². The molecule has 25 heteroatoms. The zero-order valence-electron chi connectivity index (χ0n) is 43.2. The summed E-state index contributed by atoms with van der Waals surface area (Å²) in [5.41, 5.74) is 10.2. The first-order valence-corrected chi connectivity index (χ1v) is 27.0. The third-order valence-corrected chi connectivity index (χ3v) is 14.5. The number of benzene rings is 2. The fraction of sp³-hybridized carbons (Fsp3) is 0.385. The number of amides is 2. The normalized spacial score (nSPS) is 16.2. The maximum Gasteiger partial charge on any atom is 0.229 e. The van der Waals surface area contributed by atoms with Crippen molar-refractivity contribution >= 4 is 133 Å². The number of piperidine rings is 2. The number of ether oxygens (including phenoxy) is 2. The Bertz CT molecular complexity index is 3020. The molecular formula is C52H61Cl5N16O4. The van der Waals surface area contributed by atoms with Crippen molar-refractivity contribution in [2.24, 2.45) is 0 Å². The molecule has 0 atom stereocenters. The van der Waals surface area contributed by atoms with Crippen LogP contribution >= 0.6 is 58.0 Å². The predicted octanol–water partition coefficient (Wildman–Crippen LogP) is 10.1. The van der Waals surface area contributed by atoms with Gasteiger partial charge < -0.3 is 50.8 Å². The van der Waals surface area contributed by atoms with Crippen LogP contribution in [-0.2, 0) is 9.59 Å². The van der Waals surface area contributed by atoms with Crippen LogP contribution in [0.3, 0.4) is 0 Å². The van der Waals surface area contributed by atoms with Crippen LogP contribution in [-0.4, -0.2) is 145 Å². The molecule has 0 aliphatic carbocycles. The van der Waals surface area contributed by atoms with Crippen LogP contribution in [0.4, 0.5) is 63.3 Å². The maximum atomic E-state index is 12.5. The molecular weight excluding hydrogens is 1090 g/mol. The second-order valence-corrected chi connectivity index (χ2v) is 20.5. The minimum absolute atomic E-state index is 0.0538. The van der Waals surface area contributed by atoms with Gasteiger partial charge in [-0.25, -0.2) is 19.9 Å². The quantitative estimate of drug-likeness (QED) is 0.0663. The van der Waals surface area contributed by atoms with Gasteiger partial charge in [0.25, 0.3) is 0 Å². The lowest BCUT2D eigenvalue weighted by Crippen LogP contribution is -2.44. The van der Waals surface area contributed by atoms with E-state index in [9.17, 15) is 9.59 Å². The van der Waals surface area contributed by atoms with Crippen LogP contribution < -0.4 is 50.8 Å². The summed E-state index contributed by atoms with van der Waals surface area (Å²) in [7, 11) is 7.48. The number of methoxy groups -OCH3 is 2. The lowest BCUT2D eigenvalue weighted by Gasteiger charge is -2.34. The minimum Gasteiger partial charge on any atom is -0.495 e. The van der Waals surface area contributed by atoms with Gasteiger partial charge in [0.2, 0.25) is 23.0 Å². The Kier molecular flexibility index (Phi) is 19.8. The van der Waals surface area contributed by atoms with Crippen LogP contribution in [0, 0.1) is 0 Å². The molecule has 8 heterocycles. The van der Waals surface area contributed by atoms with Crippen molar-refractivity contribution < 1.29 is 19.1 Å². The highest BCUT2D eigenvalue weighted by molar-refractivity contribution is 6.35. The number of nitrogens with two attached hydrogens (primary N) is 1. The van der Waals surface area contributed by atoms with E-state index in [2.05, 4.69) is 79.5 Å². The average molecular weight is 1150 g/mol. The number of pyridine rings is 2. The van der Waals surface area contributed by atoms with Crippen molar-refractivity contribution in [3.8, 4) is 11.5 Å². The molecule has 0 radical (unpaired) electrons. The standard InChI is InChI=1S/C26H30Cl2N8O2.C14H13Cl2N5O.C12H18ClN3O/c1-34-10-12-35(13-11-34)21-15-22(38-2)20(14-17(21)27)32-26-30-16-18(28)24(33-26)31-19-6-5-8-29-25(19)36-9-4-3-7-23(36)37;15-9-8-18-14(16)20-12(9)19-10-4-3-6-17-13(10)21-7-2-1-5-11(21)22;1-15-3-5-16(6-4-15)11-8-12(17-2)10(14)7-9(11)13/h5-6,8,14-16H,3-4,7,9-13H2,1-2H3,(H2,30,31,32,33);3-4,6,8H,1-2,5,7H2,(H,18,19,20);7-8H,3-6,14H2,1-2H3. The lowest BCUT2D eigenvalue weighted by atomic mass is 10.1. The smallest absolute Gasteiger partial charge is 0.229 e. The summed E-state index contributed by atoms with van der Waals surface area (Å²) in [6.07, 6.45) is 11.0. The first-order chi connectivity index (χ1) is 37.2. The summed E-state index contributed by atoms with van der Waals surface area (Å²) in [4.78, 5) is 62.7. The van der Waals surface area contributed by atoms with Gasteiger partial charge in [0.15, 0.2) is 23.3 Å². The summed E-state index contributed by atoms with van der Waals surface area (Å²) in [6.45, 7) is 9.04. The number of carbonyl (C=O) groups excluding carboxylic acids is 2. The highest BCUT2D eigenvalue weighted by Gasteiger charge is 2.26. The van der Waals surface area contributed by atoms with Gasteiger partial charge in [-0.3, -0.25) is 19.4 Å². The van der Waals surface area contributed by atoms with Crippen LogP contribution in [0.25, 0.3) is 0 Å². The van der Waals surface area contributed by atoms with Gasteiger partial charge in [-0.05, 0) is 87.8 Å². The average Bonchev–Trinajstić information content (AvgIpc) is 3.43. The fourth-order valence-corrected chi connectivity index (χ4v) is 9.91. The molecule has 408 valence electrons. The van der Waals surface area contributed by atoms with E-state index in [0.717, 1.165) is 89.4 Å². The van der Waals surface area contributed by atoms with E-state index in [-0.39, 0.29) is 17.1 Å². The second kappa shape index (κ2) is 26.8. The minimum atomic E-state index is 0.0538. The number of nitrogens with one attached hydrogen (secondary N) is 3. The number of carbonyl (C=O) groups is 2. The maximum absolute atomic E-state index is 12.5. The van der Waals surface area contributed by atoms with E-state index in [1.54, 1.807) is 54.6 Å². The van der Waals surface area contributed by atoms with E-state index in [1.165, 1.54) is 12.4 Å². The molecule has 4 aromatic heterocycles. The summed E-state index contributed by atoms with van der Waals surface area (Å²) in [5.74, 6) is 3.60. The van der Waals surface area contributed by atoms with Crippen LogP contribution in [0.5, 0.6) is 11.5 Å². The molecule has 2 aromatic carbocycles. The molecule has 0 saturated carbocycles. The second-order valence-electron chi connectivity index (χ2n) is 18.5. The fourth-order valence-electron chi connectivity index (χ4n) is 8.93. The Balaban J connectivity index is 0.000000169. The molecule has 0 spiro atoms. The number of aromatic nitrogens is 6. The molecule has 77 heavy (non-hydrogen) atoms. The van der Waals surface area contributed by atoms with E-state index < -0.39 is 0 Å². The molecule has 10 rings (SSSR count). The molecule has 4 fully saturated rings. The first-order valence-electron chi connectivity index (χ1n) is 25.1. The highest BCUT2D eigenvalue weighted by Crippen LogP contribution is 2.40. The largest absolute Gasteiger partial charge is 0.495 e. The SMILES string of the molecule is COc1cc(N2CCN(C)CC2)c(Cl)cc1N.COc1cc(N2CCN(C)CC2)c(Cl)cc1Nc1ncc(Cl)c(Nc2cccnc2N2CCCCC2=O)n1.O=C1CCCCN1c1ncccc1Nc1nc(Cl)ncc1Cl. The summed E-state index contributed by atoms with van der Waals surface area (Å²) in [5, 5.41) is 11.6. The van der Waals surface area contributed by atoms with Gasteiger partial charge in [0.1, 0.15) is 21.5 Å². The summed E-state index contributed by atoms with van der Waals surface area (Å²) in [6, 6.07) is 14.7. The van der Waals surface area contributed by atoms with Crippen molar-refractivity contribution in [1.29, 1.82) is 0 Å². The van der Waals surface area contributed by atoms with Crippen molar-refractivity contribution in [3.63, 3.8) is 0 Å². The molecule has 5 N–H and O–H groups in total. The van der Waals surface area contributed by atoms with E-state index in [4.69, 9.17) is 73.2 Å². The number of likely N-dealkylation sites (N-methyl/N-ethyl adjacent to an activating group) is 2. The van der Waals surface area contributed by atoms with Crippen LogP contribution in [0.1, 0.15) is 38.5 Å². The first kappa shape index (κ1) is 56.8. The Labute approximate surface area is 473 Å². The molecule has 6 aromatic rings. The van der Waals surface area contributed by atoms with Gasteiger partial charge in [0, 0.05) is 103 Å². The van der Waals surface area contributed by atoms with Crippen LogP contribution in [0.2, 0.25) is 25.4 Å². The molecule has 20 nitrogen and oxygen atoms in total. The van der Waals surface area contributed by atoms with E-state index in [1.807, 2.05) is 30.3 Å². The number of hydrogen-bond acceptors (Lipinski definition) is 18. The zero-order chi connectivity index (χ0) is 54.6. The number of hydrogen-bond donors (Lipinski definition) is 4. The van der Waals surface area contributed by atoms with Gasteiger partial charge in [-0.15, -0.1) is 0 Å². The van der Waals surface area contributed by atoms with Crippen molar-refractivity contribution in [1.82, 2.24) is 39.7 Å². The number of halogens is 5. The molecule has 0 unspecified atom stereocenters. The highest BCUT2D eigenvalue weighted by atomic mass is 35.5. The Morgan fingerprint density at radius 2 is 1.01 bits per heavy atom. The summed E-state index contributed by atoms with van der Waals surface area (Å²) >= 11 is 31.2. The molecule has 4 aliphatic heterocycles. The number of anilines is 11. The monoisotopic (exact) mass is 1150 g/mol. The number of piperazine rings is 2. The predicted molar refractivity (Wildman–Crippen MR) is 310 cm³/mol. The molecule has 4 aliphatic rings. The lowest BCUT2D eigenvalue weighted by molar-refractivity contribution is -0.120. The zero-order valence-corrected chi connectivity index (χ0v) is 47.0. The number of nitrogens with zero attached hydrogens (tertiary/aromatic N) is 12. The third kappa shape index (κ3) is 14.6. The van der Waals surface area contributed by atoms with Crippen molar-refractivity contribution in [3.05, 3.63) is 98.7 Å². The molecule has 2 amide bonds. The Morgan fingerprint density at radius 3 is 1.52 bits per heavy atom. The summed E-state index contributed by atoms with van der Waals surface area (Å²) < 4.78 is 10.9. The third-order valence-electron chi connectivity index (χ3n) is 13.2. The van der Waals surface area contributed by atoms with Gasteiger partial charge in [0.05, 0.1) is 70.8 Å². The van der Waals surface area contributed by atoms with E-state index >= 15 is 0 Å². The van der Waals surface area contributed by atoms with Gasteiger partial charge in [-0.2, -0.15) is 9.97 Å². The number of rotatable bonds is 12. The topological polar surface area (TPSA) is 211 Å². The van der Waals surface area contributed by atoms with Gasteiger partial charge in [-0.1, -0.05) is 46.4 Å². The Morgan fingerprint density at radius 1 is 0.532 bits per heavy atom. The Hall–Kier alpha value is -6.39. The number of nitrogen functional groups attached to an aromatic ring is 1. The van der Waals surface area contributed by atoms with Crippen molar-refractivity contribution in [2.75, 3.05) is 135 Å². The van der Waals surface area contributed by atoms with Crippen LogP contribution in [0.15, 0.2) is 73.3 Å². The molecule has 4 saturated heterocycles. The van der Waals surface area contributed by atoms with E-state index in [0.29, 0.717) is 109 Å². The molecule has 0 bridgehead atoms.